The molecule has 190 valence electrons. The molecule has 10 nitrogen and oxygen atoms in total. The third kappa shape index (κ3) is 6.12. The lowest BCUT2D eigenvalue weighted by atomic mass is 9.85. The molecule has 1 fully saturated rings. The number of anilines is 1. The second-order valence-electron chi connectivity index (χ2n) is 9.51. The monoisotopic (exact) mass is 506 g/mol. The fourth-order valence-electron chi connectivity index (χ4n) is 3.99. The number of nitrogen functional groups attached to an aromatic ring is 1. The molecule has 1 aromatic rings. The largest absolute Gasteiger partial charge is 0.426 e. The van der Waals surface area contributed by atoms with Crippen LogP contribution in [-0.4, -0.2) is 60.1 Å². The molecule has 3 rings (SSSR count). The van der Waals surface area contributed by atoms with Crippen molar-refractivity contribution in [2.45, 2.75) is 58.9 Å². The van der Waals surface area contributed by atoms with E-state index in [1.165, 1.54) is 23.1 Å². The highest BCUT2D eigenvalue weighted by Gasteiger charge is 2.42. The first-order valence-corrected chi connectivity index (χ1v) is 11.8. The summed E-state index contributed by atoms with van der Waals surface area (Å²) in [6.45, 7) is 7.87. The van der Waals surface area contributed by atoms with Crippen LogP contribution in [0.1, 0.15) is 50.9 Å². The van der Waals surface area contributed by atoms with E-state index in [9.17, 15) is 19.2 Å². The standard InChI is InChI=1S/C24H31ClN4O6/c1-5-34-23-16(12-18(30)35-23)27-21(32)17-7-6-10-29(17)22(33)19(24(2,3)4)28-20(31)13-8-9-15(26)14(25)11-13/h8-9,11-12,17,19,23H,5-7,10,26H2,1-4H3,(H,27,32)(H,28,31). The van der Waals surface area contributed by atoms with Gasteiger partial charge in [0.2, 0.25) is 18.1 Å². The number of benzene rings is 1. The van der Waals surface area contributed by atoms with Crippen molar-refractivity contribution in [3.63, 3.8) is 0 Å². The van der Waals surface area contributed by atoms with Crippen LogP contribution in [0.25, 0.3) is 0 Å². The molecule has 0 bridgehead atoms. The van der Waals surface area contributed by atoms with Gasteiger partial charge in [-0.1, -0.05) is 32.4 Å². The van der Waals surface area contributed by atoms with Gasteiger partial charge in [-0.3, -0.25) is 14.4 Å². The number of halogens is 1. The molecular formula is C24H31ClN4O6. The molecule has 0 saturated carbocycles. The van der Waals surface area contributed by atoms with Crippen LogP contribution < -0.4 is 16.4 Å². The van der Waals surface area contributed by atoms with Crippen molar-refractivity contribution >= 4 is 41.0 Å². The summed E-state index contributed by atoms with van der Waals surface area (Å²) >= 11 is 6.05. The molecule has 1 aromatic carbocycles. The minimum Gasteiger partial charge on any atom is -0.426 e. The highest BCUT2D eigenvalue weighted by molar-refractivity contribution is 6.33. The van der Waals surface area contributed by atoms with Gasteiger partial charge in [-0.05, 0) is 43.4 Å². The Labute approximate surface area is 209 Å². The molecule has 11 heteroatoms. The first kappa shape index (κ1) is 26.5. The Balaban J connectivity index is 1.76. The normalized spacial score (nSPS) is 20.8. The van der Waals surface area contributed by atoms with Crippen molar-refractivity contribution < 1.29 is 28.7 Å². The predicted octanol–water partition coefficient (Wildman–Crippen LogP) is 1.98. The average Bonchev–Trinajstić information content (AvgIpc) is 3.39. The summed E-state index contributed by atoms with van der Waals surface area (Å²) in [5, 5.41) is 5.71. The summed E-state index contributed by atoms with van der Waals surface area (Å²) in [5.74, 6) is -1.92. The number of nitrogens with zero attached hydrogens (tertiary/aromatic N) is 1. The summed E-state index contributed by atoms with van der Waals surface area (Å²) in [5.41, 5.74) is 5.88. The van der Waals surface area contributed by atoms with E-state index < -0.39 is 41.6 Å². The Hall–Kier alpha value is -3.11. The number of hydrogen-bond donors (Lipinski definition) is 3. The summed E-state index contributed by atoms with van der Waals surface area (Å²) in [7, 11) is 0. The van der Waals surface area contributed by atoms with E-state index in [-0.39, 0.29) is 28.8 Å². The van der Waals surface area contributed by atoms with Gasteiger partial charge in [0.05, 0.1) is 16.4 Å². The zero-order chi connectivity index (χ0) is 25.9. The molecule has 0 aliphatic carbocycles. The summed E-state index contributed by atoms with van der Waals surface area (Å²) < 4.78 is 10.4. The first-order valence-electron chi connectivity index (χ1n) is 11.4. The van der Waals surface area contributed by atoms with E-state index in [2.05, 4.69) is 10.6 Å². The number of nitrogens with two attached hydrogens (primary N) is 1. The third-order valence-electron chi connectivity index (χ3n) is 5.83. The minimum absolute atomic E-state index is 0.196. The number of rotatable bonds is 7. The Kier molecular flexibility index (Phi) is 8.07. The van der Waals surface area contributed by atoms with Gasteiger partial charge >= 0.3 is 5.97 Å². The lowest BCUT2D eigenvalue weighted by Crippen LogP contribution is -2.57. The number of hydrogen-bond acceptors (Lipinski definition) is 7. The molecule has 4 N–H and O–H groups in total. The van der Waals surface area contributed by atoms with Crippen LogP contribution in [-0.2, 0) is 23.9 Å². The molecule has 0 radical (unpaired) electrons. The van der Waals surface area contributed by atoms with Gasteiger partial charge in [-0.2, -0.15) is 0 Å². The van der Waals surface area contributed by atoms with E-state index in [0.717, 1.165) is 6.08 Å². The highest BCUT2D eigenvalue weighted by Crippen LogP contribution is 2.27. The second-order valence-corrected chi connectivity index (χ2v) is 9.92. The van der Waals surface area contributed by atoms with Crippen molar-refractivity contribution in [2.24, 2.45) is 5.41 Å². The number of nitrogens with one attached hydrogen (secondary N) is 2. The number of carbonyl (C=O) groups is 4. The fourth-order valence-corrected chi connectivity index (χ4v) is 4.17. The van der Waals surface area contributed by atoms with Crippen LogP contribution >= 0.6 is 11.6 Å². The maximum atomic E-state index is 13.6. The lowest BCUT2D eigenvalue weighted by molar-refractivity contribution is -0.159. The number of amides is 3. The predicted molar refractivity (Wildman–Crippen MR) is 129 cm³/mol. The maximum absolute atomic E-state index is 13.6. The molecule has 35 heavy (non-hydrogen) atoms. The van der Waals surface area contributed by atoms with E-state index in [1.807, 2.05) is 20.8 Å². The van der Waals surface area contributed by atoms with Crippen LogP contribution in [0.15, 0.2) is 30.0 Å². The number of ether oxygens (including phenoxy) is 2. The third-order valence-corrected chi connectivity index (χ3v) is 6.15. The molecule has 3 atom stereocenters. The lowest BCUT2D eigenvalue weighted by Gasteiger charge is -2.35. The second kappa shape index (κ2) is 10.7. The molecule has 3 amide bonds. The average molecular weight is 507 g/mol. The minimum atomic E-state index is -0.990. The Morgan fingerprint density at radius 1 is 1.31 bits per heavy atom. The van der Waals surface area contributed by atoms with E-state index >= 15 is 0 Å². The van der Waals surface area contributed by atoms with Gasteiger partial charge < -0.3 is 30.7 Å². The Morgan fingerprint density at radius 2 is 2.03 bits per heavy atom. The van der Waals surface area contributed by atoms with Gasteiger partial charge in [-0.25, -0.2) is 4.79 Å². The SMILES string of the molecule is CCOC1OC(=O)C=C1NC(=O)C1CCCN1C(=O)C(NC(=O)c1ccc(N)c(Cl)c1)C(C)(C)C. The molecule has 0 aromatic heterocycles. The van der Waals surface area contributed by atoms with Crippen molar-refractivity contribution in [1.82, 2.24) is 15.5 Å². The maximum Gasteiger partial charge on any atom is 0.335 e. The van der Waals surface area contributed by atoms with Gasteiger partial charge in [0, 0.05) is 24.8 Å². The molecule has 1 saturated heterocycles. The molecule has 3 unspecified atom stereocenters. The summed E-state index contributed by atoms with van der Waals surface area (Å²) in [6.07, 6.45) is 1.23. The highest BCUT2D eigenvalue weighted by atomic mass is 35.5. The van der Waals surface area contributed by atoms with E-state index in [0.29, 0.717) is 25.1 Å². The van der Waals surface area contributed by atoms with Crippen LogP contribution in [0, 0.1) is 5.41 Å². The summed E-state index contributed by atoms with van der Waals surface area (Å²) in [6, 6.07) is 2.81. The Bertz CT molecular complexity index is 1050. The van der Waals surface area contributed by atoms with Crippen molar-refractivity contribution in [1.29, 1.82) is 0 Å². The molecule has 2 aliphatic rings. The van der Waals surface area contributed by atoms with Gasteiger partial charge in [0.15, 0.2) is 0 Å². The van der Waals surface area contributed by atoms with Crippen molar-refractivity contribution in [3.8, 4) is 0 Å². The van der Waals surface area contributed by atoms with Gasteiger partial charge in [-0.15, -0.1) is 0 Å². The fraction of sp³-hybridized carbons (Fsp3) is 0.500. The molecular weight excluding hydrogens is 476 g/mol. The zero-order valence-electron chi connectivity index (χ0n) is 20.2. The zero-order valence-corrected chi connectivity index (χ0v) is 21.0. The summed E-state index contributed by atoms with van der Waals surface area (Å²) in [4.78, 5) is 52.7. The van der Waals surface area contributed by atoms with Crippen molar-refractivity contribution in [2.75, 3.05) is 18.9 Å². The quantitative estimate of drug-likeness (QED) is 0.379. The van der Waals surface area contributed by atoms with Crippen LogP contribution in [0.3, 0.4) is 0 Å². The Morgan fingerprint density at radius 3 is 2.66 bits per heavy atom. The molecule has 2 aliphatic heterocycles. The number of cyclic esters (lactones) is 1. The van der Waals surface area contributed by atoms with Gasteiger partial charge in [0.1, 0.15) is 12.1 Å². The number of likely N-dealkylation sites (tertiary alicyclic amines) is 1. The van der Waals surface area contributed by atoms with Crippen LogP contribution in [0.5, 0.6) is 0 Å². The van der Waals surface area contributed by atoms with Crippen LogP contribution in [0.2, 0.25) is 5.02 Å². The van der Waals surface area contributed by atoms with Crippen LogP contribution in [0.4, 0.5) is 5.69 Å². The number of esters is 1. The molecule has 2 heterocycles. The smallest absolute Gasteiger partial charge is 0.335 e. The topological polar surface area (TPSA) is 140 Å². The van der Waals surface area contributed by atoms with E-state index in [1.54, 1.807) is 6.92 Å². The number of carbonyl (C=O) groups excluding carboxylic acids is 4. The van der Waals surface area contributed by atoms with E-state index in [4.69, 9.17) is 26.8 Å². The first-order chi connectivity index (χ1) is 16.4. The molecule has 0 spiro atoms. The van der Waals surface area contributed by atoms with Crippen molar-refractivity contribution in [3.05, 3.63) is 40.6 Å². The van der Waals surface area contributed by atoms with Gasteiger partial charge in [0.25, 0.3) is 5.91 Å².